The molecule has 1 aliphatic carbocycles. The second-order valence-electron chi connectivity index (χ2n) is 15.2. The zero-order valence-corrected chi connectivity index (χ0v) is 29.1. The highest BCUT2D eigenvalue weighted by atomic mass is 32.1. The number of carboxylic acids is 1. The number of anilines is 1. The van der Waals surface area contributed by atoms with Gasteiger partial charge in [0, 0.05) is 37.6 Å². The van der Waals surface area contributed by atoms with E-state index in [2.05, 4.69) is 23.7 Å². The van der Waals surface area contributed by atoms with Gasteiger partial charge in [-0.2, -0.15) is 0 Å². The van der Waals surface area contributed by atoms with Crippen molar-refractivity contribution in [1.82, 2.24) is 9.80 Å². The van der Waals surface area contributed by atoms with Gasteiger partial charge in [0.2, 0.25) is 0 Å². The number of carbonyl (C=O) groups is 3. The molecule has 45 heavy (non-hydrogen) atoms. The maximum absolute atomic E-state index is 13.2. The molecular formula is C35H53N3O6S. The Bertz CT molecular complexity index is 1250. The van der Waals surface area contributed by atoms with E-state index < -0.39 is 11.6 Å². The lowest BCUT2D eigenvalue weighted by Gasteiger charge is -2.42. The molecule has 4 rings (SSSR count). The Morgan fingerprint density at radius 3 is 2.22 bits per heavy atom. The molecular weight excluding hydrogens is 590 g/mol. The SMILES string of the molecule is CC1CCC(CN(c2cc(C#CC(C)(C)C)sc2C(=O)O)C2CCN(C(=O)OC3CCCN(C(=O)OC(C)(C)C)C3)CC2)CC1. The monoisotopic (exact) mass is 643 g/mol. The highest BCUT2D eigenvalue weighted by Crippen LogP contribution is 2.37. The third kappa shape index (κ3) is 10.3. The van der Waals surface area contributed by atoms with E-state index in [1.165, 1.54) is 24.2 Å². The molecule has 0 spiro atoms. The normalized spacial score (nSPS) is 23.1. The van der Waals surface area contributed by atoms with Crippen molar-refractivity contribution in [1.29, 1.82) is 0 Å². The number of nitrogens with zero attached hydrogens (tertiary/aromatic N) is 3. The third-order valence-electron chi connectivity index (χ3n) is 8.83. The fourth-order valence-electron chi connectivity index (χ4n) is 6.40. The minimum Gasteiger partial charge on any atom is -0.477 e. The molecule has 1 aromatic rings. The van der Waals surface area contributed by atoms with Gasteiger partial charge in [-0.25, -0.2) is 14.4 Å². The van der Waals surface area contributed by atoms with Gasteiger partial charge in [0.1, 0.15) is 16.6 Å². The summed E-state index contributed by atoms with van der Waals surface area (Å²) in [6, 6.07) is 2.08. The standard InChI is InChI=1S/C35H53N3O6S/c1-24-10-12-25(13-11-24)22-38(29-21-28(14-17-34(2,3)4)45-30(29)31(39)40)26-15-19-36(20-16-26)32(41)43-27-9-8-18-37(23-27)33(42)44-35(5,6)7/h21,24-27H,8-13,15-16,18-20,22-23H2,1-7H3,(H,39,40). The second kappa shape index (κ2) is 14.7. The van der Waals surface area contributed by atoms with Crippen LogP contribution in [0.15, 0.2) is 6.07 Å². The summed E-state index contributed by atoms with van der Waals surface area (Å²) in [5, 5.41) is 10.2. The van der Waals surface area contributed by atoms with Crippen molar-refractivity contribution in [2.75, 3.05) is 37.6 Å². The lowest BCUT2D eigenvalue weighted by molar-refractivity contribution is -0.00838. The van der Waals surface area contributed by atoms with Crippen LogP contribution < -0.4 is 4.90 Å². The van der Waals surface area contributed by atoms with Crippen molar-refractivity contribution in [2.45, 2.75) is 118 Å². The van der Waals surface area contributed by atoms with Crippen LogP contribution in [0.2, 0.25) is 0 Å². The molecule has 3 heterocycles. The molecule has 9 nitrogen and oxygen atoms in total. The predicted molar refractivity (Wildman–Crippen MR) is 178 cm³/mol. The molecule has 3 fully saturated rings. The van der Waals surface area contributed by atoms with Crippen molar-refractivity contribution in [3.8, 4) is 11.8 Å². The zero-order valence-electron chi connectivity index (χ0n) is 28.3. The van der Waals surface area contributed by atoms with Gasteiger partial charge < -0.3 is 29.3 Å². The Labute approximate surface area is 273 Å². The minimum absolute atomic E-state index is 0.113. The van der Waals surface area contributed by atoms with Crippen LogP contribution in [0.5, 0.6) is 0 Å². The van der Waals surface area contributed by atoms with Gasteiger partial charge in [0.05, 0.1) is 17.1 Å². The lowest BCUT2D eigenvalue weighted by atomic mass is 9.82. The molecule has 1 aromatic heterocycles. The van der Waals surface area contributed by atoms with Crippen LogP contribution >= 0.6 is 11.3 Å². The van der Waals surface area contributed by atoms with Gasteiger partial charge in [0.25, 0.3) is 0 Å². The lowest BCUT2D eigenvalue weighted by Crippen LogP contribution is -2.50. The summed E-state index contributed by atoms with van der Waals surface area (Å²) >= 11 is 1.26. The second-order valence-corrected chi connectivity index (χ2v) is 16.3. The number of hydrogen-bond acceptors (Lipinski definition) is 7. The van der Waals surface area contributed by atoms with Crippen LogP contribution in [-0.4, -0.2) is 83.5 Å². The Kier molecular flexibility index (Phi) is 11.4. The van der Waals surface area contributed by atoms with Gasteiger partial charge in [-0.1, -0.05) is 31.6 Å². The van der Waals surface area contributed by atoms with Gasteiger partial charge in [-0.05, 0) is 98.0 Å². The molecule has 0 bridgehead atoms. The molecule has 3 aliphatic rings. The summed E-state index contributed by atoms with van der Waals surface area (Å²) in [6.07, 6.45) is 6.53. The molecule has 1 unspecified atom stereocenters. The number of piperidine rings is 2. The smallest absolute Gasteiger partial charge is 0.410 e. The largest absolute Gasteiger partial charge is 0.477 e. The Morgan fingerprint density at radius 1 is 0.956 bits per heavy atom. The van der Waals surface area contributed by atoms with Crippen molar-refractivity contribution in [3.05, 3.63) is 15.8 Å². The van der Waals surface area contributed by atoms with E-state index in [1.54, 1.807) is 9.80 Å². The fourth-order valence-corrected chi connectivity index (χ4v) is 7.26. The van der Waals surface area contributed by atoms with Crippen molar-refractivity contribution in [2.24, 2.45) is 17.3 Å². The summed E-state index contributed by atoms with van der Waals surface area (Å²) in [7, 11) is 0. The number of carbonyl (C=O) groups excluding carboxylic acids is 2. The Hall–Kier alpha value is -2.93. The molecule has 2 saturated heterocycles. The van der Waals surface area contributed by atoms with E-state index >= 15 is 0 Å². The Balaban J connectivity index is 1.44. The van der Waals surface area contributed by atoms with Gasteiger partial charge in [-0.15, -0.1) is 11.3 Å². The minimum atomic E-state index is -0.921. The first-order valence-electron chi connectivity index (χ1n) is 16.7. The predicted octanol–water partition coefficient (Wildman–Crippen LogP) is 7.48. The number of amides is 2. The molecule has 0 aromatic carbocycles. The number of likely N-dealkylation sites (tertiary alicyclic amines) is 2. The van der Waals surface area contributed by atoms with E-state index in [1.807, 2.05) is 47.6 Å². The average Bonchev–Trinajstić information content (AvgIpc) is 3.39. The molecule has 10 heteroatoms. The van der Waals surface area contributed by atoms with Crippen LogP contribution in [0.4, 0.5) is 15.3 Å². The van der Waals surface area contributed by atoms with Crippen molar-refractivity contribution in [3.63, 3.8) is 0 Å². The van der Waals surface area contributed by atoms with Crippen molar-refractivity contribution < 1.29 is 29.0 Å². The highest BCUT2D eigenvalue weighted by molar-refractivity contribution is 7.15. The third-order valence-corrected chi connectivity index (χ3v) is 9.86. The molecule has 0 radical (unpaired) electrons. The van der Waals surface area contributed by atoms with Gasteiger partial charge in [0.15, 0.2) is 0 Å². The number of carboxylic acid groups (broad SMARTS) is 1. The molecule has 1 N–H and O–H groups in total. The average molecular weight is 644 g/mol. The summed E-state index contributed by atoms with van der Waals surface area (Å²) in [5.41, 5.74) is -0.00176. The number of thiophene rings is 1. The quantitative estimate of drug-likeness (QED) is 0.321. The topological polar surface area (TPSA) is 99.6 Å². The van der Waals surface area contributed by atoms with Crippen LogP contribution in [-0.2, 0) is 9.47 Å². The summed E-state index contributed by atoms with van der Waals surface area (Å²) in [6.45, 7) is 16.8. The molecule has 1 saturated carbocycles. The summed E-state index contributed by atoms with van der Waals surface area (Å²) in [5.74, 6) is 6.80. The van der Waals surface area contributed by atoms with E-state index in [9.17, 15) is 19.5 Å². The van der Waals surface area contributed by atoms with Gasteiger partial charge >= 0.3 is 18.2 Å². The first-order chi connectivity index (χ1) is 21.1. The molecule has 2 amide bonds. The van der Waals surface area contributed by atoms with E-state index in [0.29, 0.717) is 43.4 Å². The number of ether oxygens (including phenoxy) is 2. The Morgan fingerprint density at radius 2 is 1.62 bits per heavy atom. The first-order valence-corrected chi connectivity index (χ1v) is 17.5. The van der Waals surface area contributed by atoms with E-state index in [-0.39, 0.29) is 29.7 Å². The number of rotatable bonds is 6. The van der Waals surface area contributed by atoms with Gasteiger partial charge in [-0.3, -0.25) is 0 Å². The molecule has 250 valence electrons. The van der Waals surface area contributed by atoms with Crippen LogP contribution in [0.1, 0.15) is 114 Å². The number of hydrogen-bond donors (Lipinski definition) is 1. The van der Waals surface area contributed by atoms with Crippen LogP contribution in [0, 0.1) is 29.1 Å². The maximum atomic E-state index is 13.2. The maximum Gasteiger partial charge on any atom is 0.410 e. The molecule has 2 aliphatic heterocycles. The molecule has 1 atom stereocenters. The fraction of sp³-hybridized carbons (Fsp3) is 0.743. The van der Waals surface area contributed by atoms with Crippen LogP contribution in [0.25, 0.3) is 0 Å². The number of aromatic carboxylic acids is 1. The highest BCUT2D eigenvalue weighted by Gasteiger charge is 2.35. The zero-order chi connectivity index (χ0) is 32.9. The summed E-state index contributed by atoms with van der Waals surface area (Å²) in [4.78, 5) is 45.1. The summed E-state index contributed by atoms with van der Waals surface area (Å²) < 4.78 is 11.4. The van der Waals surface area contributed by atoms with E-state index in [0.717, 1.165) is 55.1 Å². The van der Waals surface area contributed by atoms with Crippen LogP contribution in [0.3, 0.4) is 0 Å². The van der Waals surface area contributed by atoms with Crippen molar-refractivity contribution >= 4 is 35.2 Å². The van der Waals surface area contributed by atoms with E-state index in [4.69, 9.17) is 9.47 Å². The first kappa shape index (κ1) is 34.9.